The van der Waals surface area contributed by atoms with E-state index in [-0.39, 0.29) is 6.09 Å². The summed E-state index contributed by atoms with van der Waals surface area (Å²) in [5.41, 5.74) is 5.11. The predicted molar refractivity (Wildman–Crippen MR) is 157 cm³/mol. The molecular weight excluding hydrogens is 520 g/mol. The van der Waals surface area contributed by atoms with Gasteiger partial charge in [-0.15, -0.1) is 0 Å². The number of rotatable bonds is 8. The number of carbonyl (C=O) groups is 1. The first-order valence-electron chi connectivity index (χ1n) is 14.0. The van der Waals surface area contributed by atoms with E-state index in [1.54, 1.807) is 24.4 Å². The molecular formula is C31H38N6O4. The first-order chi connectivity index (χ1) is 19.7. The van der Waals surface area contributed by atoms with Gasteiger partial charge in [0.2, 0.25) is 0 Å². The average Bonchev–Trinajstić information content (AvgIpc) is 3.36. The van der Waals surface area contributed by atoms with Crippen LogP contribution in [0, 0.1) is 0 Å². The fourth-order valence-corrected chi connectivity index (χ4v) is 5.02. The van der Waals surface area contributed by atoms with Gasteiger partial charge < -0.3 is 24.1 Å². The maximum Gasteiger partial charge on any atom is 0.410 e. The van der Waals surface area contributed by atoms with Crippen molar-refractivity contribution in [3.05, 3.63) is 66.0 Å². The molecule has 1 aliphatic heterocycles. The molecule has 216 valence electrons. The fraction of sp³-hybridized carbons (Fsp3) is 0.419. The van der Waals surface area contributed by atoms with Crippen molar-refractivity contribution >= 4 is 17.1 Å². The Hall–Kier alpha value is -4.18. The van der Waals surface area contributed by atoms with E-state index in [4.69, 9.17) is 19.2 Å². The van der Waals surface area contributed by atoms with Crippen LogP contribution in [0.2, 0.25) is 0 Å². The normalized spacial score (nSPS) is 14.3. The number of benzene rings is 1. The number of aromatic nitrogens is 4. The highest BCUT2D eigenvalue weighted by molar-refractivity contribution is 5.92. The van der Waals surface area contributed by atoms with Gasteiger partial charge in [0.15, 0.2) is 5.75 Å². The standard InChI is InChI=1S/C31H38N6O4/c1-6-40-29-24(23-10-11-32-19-26(23)39-5)7-8-25-28(29)35-27(34-25)18-22-17-21(9-12-33-22)20-36-13-15-37(16-14-36)30(38)41-31(2,3)4/h7-12,17,19H,6,13-16,18,20H2,1-5H3,(H,34,35). The van der Waals surface area contributed by atoms with E-state index in [1.807, 2.05) is 58.2 Å². The lowest BCUT2D eigenvalue weighted by Crippen LogP contribution is -2.49. The Kier molecular flexibility index (Phi) is 8.39. The van der Waals surface area contributed by atoms with Crippen molar-refractivity contribution in [1.82, 2.24) is 29.7 Å². The van der Waals surface area contributed by atoms with Crippen molar-refractivity contribution in [1.29, 1.82) is 0 Å². The smallest absolute Gasteiger partial charge is 0.410 e. The highest BCUT2D eigenvalue weighted by Gasteiger charge is 2.26. The van der Waals surface area contributed by atoms with Crippen LogP contribution in [-0.2, 0) is 17.7 Å². The highest BCUT2D eigenvalue weighted by Crippen LogP contribution is 2.40. The number of nitrogens with one attached hydrogen (secondary N) is 1. The van der Waals surface area contributed by atoms with Crippen molar-refractivity contribution in [2.24, 2.45) is 0 Å². The van der Waals surface area contributed by atoms with Crippen molar-refractivity contribution in [2.75, 3.05) is 39.9 Å². The van der Waals surface area contributed by atoms with Crippen LogP contribution < -0.4 is 9.47 Å². The summed E-state index contributed by atoms with van der Waals surface area (Å²) in [7, 11) is 1.64. The maximum absolute atomic E-state index is 12.4. The molecule has 10 heteroatoms. The first kappa shape index (κ1) is 28.4. The minimum absolute atomic E-state index is 0.242. The van der Waals surface area contributed by atoms with Gasteiger partial charge in [0, 0.05) is 68.4 Å². The second-order valence-electron chi connectivity index (χ2n) is 11.1. The van der Waals surface area contributed by atoms with Gasteiger partial charge in [-0.1, -0.05) is 0 Å². The molecule has 41 heavy (non-hydrogen) atoms. The SMILES string of the molecule is CCOc1c(-c2ccncc2OC)ccc2[nH]c(Cc3cc(CN4CCN(C(=O)OC(C)(C)C)CC4)ccn3)nc12. The molecule has 0 aliphatic carbocycles. The summed E-state index contributed by atoms with van der Waals surface area (Å²) in [5.74, 6) is 2.20. The van der Waals surface area contributed by atoms with E-state index in [0.29, 0.717) is 37.6 Å². The molecule has 0 radical (unpaired) electrons. The van der Waals surface area contributed by atoms with Crippen LogP contribution in [0.3, 0.4) is 0 Å². The molecule has 3 aromatic heterocycles. The minimum Gasteiger partial charge on any atom is -0.494 e. The fourth-order valence-electron chi connectivity index (χ4n) is 5.02. The Morgan fingerprint density at radius 2 is 1.85 bits per heavy atom. The Labute approximate surface area is 240 Å². The predicted octanol–water partition coefficient (Wildman–Crippen LogP) is 5.07. The molecule has 1 fully saturated rings. The molecule has 4 aromatic rings. The number of piperazine rings is 1. The molecule has 1 aromatic carbocycles. The number of amides is 1. The topological polar surface area (TPSA) is 106 Å². The second kappa shape index (κ2) is 12.1. The molecule has 10 nitrogen and oxygen atoms in total. The van der Waals surface area contributed by atoms with Gasteiger partial charge in [0.25, 0.3) is 0 Å². The zero-order valence-electron chi connectivity index (χ0n) is 24.4. The van der Waals surface area contributed by atoms with E-state index >= 15 is 0 Å². The number of nitrogens with zero attached hydrogens (tertiary/aromatic N) is 5. The molecule has 0 bridgehead atoms. The molecule has 1 amide bonds. The minimum atomic E-state index is -0.485. The van der Waals surface area contributed by atoms with Crippen molar-refractivity contribution < 1.29 is 19.0 Å². The number of carbonyl (C=O) groups excluding carboxylic acids is 1. The van der Waals surface area contributed by atoms with Gasteiger partial charge in [0.05, 0.1) is 25.4 Å². The molecule has 0 saturated carbocycles. The van der Waals surface area contributed by atoms with Gasteiger partial charge >= 0.3 is 6.09 Å². The molecule has 5 rings (SSSR count). The van der Waals surface area contributed by atoms with E-state index in [1.165, 1.54) is 5.56 Å². The van der Waals surface area contributed by atoms with Crippen LogP contribution in [0.15, 0.2) is 48.9 Å². The number of fused-ring (bicyclic) bond motifs is 1. The summed E-state index contributed by atoms with van der Waals surface area (Å²) in [6, 6.07) is 10.1. The molecule has 0 unspecified atom stereocenters. The number of ether oxygens (including phenoxy) is 3. The van der Waals surface area contributed by atoms with E-state index in [9.17, 15) is 4.79 Å². The number of hydrogen-bond donors (Lipinski definition) is 1. The number of methoxy groups -OCH3 is 1. The van der Waals surface area contributed by atoms with Crippen LogP contribution in [0.25, 0.3) is 22.2 Å². The molecule has 4 heterocycles. The lowest BCUT2D eigenvalue weighted by Gasteiger charge is -2.35. The van der Waals surface area contributed by atoms with E-state index in [0.717, 1.165) is 53.3 Å². The van der Waals surface area contributed by atoms with Crippen LogP contribution in [0.5, 0.6) is 11.5 Å². The molecule has 0 spiro atoms. The summed E-state index contributed by atoms with van der Waals surface area (Å²) in [5, 5.41) is 0. The third-order valence-corrected chi connectivity index (χ3v) is 6.90. The highest BCUT2D eigenvalue weighted by atomic mass is 16.6. The maximum atomic E-state index is 12.4. The Bertz CT molecular complexity index is 1500. The van der Waals surface area contributed by atoms with Crippen molar-refractivity contribution in [2.45, 2.75) is 46.3 Å². The average molecular weight is 559 g/mol. The summed E-state index contributed by atoms with van der Waals surface area (Å²) < 4.78 is 17.2. The van der Waals surface area contributed by atoms with Crippen molar-refractivity contribution in [3.8, 4) is 22.6 Å². The number of pyridine rings is 2. The second-order valence-corrected chi connectivity index (χ2v) is 11.1. The zero-order valence-corrected chi connectivity index (χ0v) is 24.4. The van der Waals surface area contributed by atoms with Gasteiger partial charge in [0.1, 0.15) is 22.7 Å². The van der Waals surface area contributed by atoms with Crippen LogP contribution >= 0.6 is 0 Å². The largest absolute Gasteiger partial charge is 0.494 e. The number of hydrogen-bond acceptors (Lipinski definition) is 8. The van der Waals surface area contributed by atoms with E-state index in [2.05, 4.69) is 25.9 Å². The molecule has 0 atom stereocenters. The van der Waals surface area contributed by atoms with Crippen LogP contribution in [0.1, 0.15) is 44.8 Å². The van der Waals surface area contributed by atoms with Gasteiger partial charge in [-0.05, 0) is 63.6 Å². The number of aromatic amines is 1. The van der Waals surface area contributed by atoms with Crippen LogP contribution in [0.4, 0.5) is 4.79 Å². The number of imidazole rings is 1. The zero-order chi connectivity index (χ0) is 29.0. The van der Waals surface area contributed by atoms with Crippen LogP contribution in [-0.4, -0.2) is 81.3 Å². The Morgan fingerprint density at radius 3 is 2.59 bits per heavy atom. The van der Waals surface area contributed by atoms with Gasteiger partial charge in [-0.25, -0.2) is 9.78 Å². The Morgan fingerprint density at radius 1 is 1.05 bits per heavy atom. The van der Waals surface area contributed by atoms with Gasteiger partial charge in [-0.2, -0.15) is 0 Å². The monoisotopic (exact) mass is 558 g/mol. The van der Waals surface area contributed by atoms with E-state index < -0.39 is 5.60 Å². The third-order valence-electron chi connectivity index (χ3n) is 6.90. The Balaban J connectivity index is 1.29. The van der Waals surface area contributed by atoms with Crippen molar-refractivity contribution in [3.63, 3.8) is 0 Å². The summed E-state index contributed by atoms with van der Waals surface area (Å²) in [6.45, 7) is 11.8. The first-order valence-corrected chi connectivity index (χ1v) is 14.0. The quantitative estimate of drug-likeness (QED) is 0.320. The molecule has 1 saturated heterocycles. The van der Waals surface area contributed by atoms with Gasteiger partial charge in [-0.3, -0.25) is 14.9 Å². The summed E-state index contributed by atoms with van der Waals surface area (Å²) >= 11 is 0. The molecule has 1 aliphatic rings. The lowest BCUT2D eigenvalue weighted by atomic mass is 10.0. The lowest BCUT2D eigenvalue weighted by molar-refractivity contribution is 0.0139. The summed E-state index contributed by atoms with van der Waals surface area (Å²) in [4.78, 5) is 33.7. The summed E-state index contributed by atoms with van der Waals surface area (Å²) in [6.07, 6.45) is 5.62. The molecule has 1 N–H and O–H groups in total. The third kappa shape index (κ3) is 6.77. The number of H-pyrrole nitrogens is 1.